The Labute approximate surface area is 182 Å². The molecule has 2 aliphatic rings. The Bertz CT molecular complexity index is 692. The first-order valence-corrected chi connectivity index (χ1v) is 11.6. The van der Waals surface area contributed by atoms with Crippen molar-refractivity contribution in [2.45, 2.75) is 65.1 Å². The number of likely N-dealkylation sites (tertiary alicyclic amines) is 2. The molecule has 0 aromatic heterocycles. The molecule has 6 nitrogen and oxygen atoms in total. The van der Waals surface area contributed by atoms with Crippen LogP contribution in [0.1, 0.15) is 57.1 Å². The van der Waals surface area contributed by atoms with Gasteiger partial charge in [0.25, 0.3) is 0 Å². The Kier molecular flexibility index (Phi) is 8.55. The molecule has 2 aliphatic heterocycles. The lowest BCUT2D eigenvalue weighted by Gasteiger charge is -2.21. The van der Waals surface area contributed by atoms with E-state index in [1.165, 1.54) is 49.9 Å². The molecule has 1 atom stereocenters. The molecular formula is C24H39N5O. The van der Waals surface area contributed by atoms with Crippen molar-refractivity contribution in [3.05, 3.63) is 35.4 Å². The molecule has 0 saturated carbocycles. The number of aliphatic imine (C=N–C) groups is 1. The van der Waals surface area contributed by atoms with Crippen molar-refractivity contribution < 1.29 is 4.79 Å². The second-order valence-corrected chi connectivity index (χ2v) is 9.00. The molecule has 0 radical (unpaired) electrons. The quantitative estimate of drug-likeness (QED) is 0.556. The Morgan fingerprint density at radius 1 is 1.07 bits per heavy atom. The highest BCUT2D eigenvalue weighted by atomic mass is 16.2. The maximum Gasteiger partial charge on any atom is 0.225 e. The van der Waals surface area contributed by atoms with Gasteiger partial charge in [-0.2, -0.15) is 0 Å². The van der Waals surface area contributed by atoms with Gasteiger partial charge in [-0.25, -0.2) is 0 Å². The van der Waals surface area contributed by atoms with Gasteiger partial charge in [-0.1, -0.05) is 51.0 Å². The van der Waals surface area contributed by atoms with Crippen molar-refractivity contribution >= 4 is 11.9 Å². The number of carbonyl (C=O) groups excluding carboxylic acids is 1. The zero-order valence-electron chi connectivity index (χ0n) is 19.0. The maximum atomic E-state index is 12.2. The minimum atomic E-state index is 0.0588. The van der Waals surface area contributed by atoms with Crippen molar-refractivity contribution in [3.8, 4) is 0 Å². The summed E-state index contributed by atoms with van der Waals surface area (Å²) in [5.74, 6) is 1.10. The largest absolute Gasteiger partial charge is 0.352 e. The molecule has 0 aliphatic carbocycles. The third-order valence-electron chi connectivity index (χ3n) is 6.15. The zero-order chi connectivity index (χ0) is 21.3. The van der Waals surface area contributed by atoms with Crippen molar-refractivity contribution in [2.24, 2.45) is 10.9 Å². The highest BCUT2D eigenvalue weighted by molar-refractivity contribution is 5.81. The van der Waals surface area contributed by atoms with Crippen LogP contribution in [0, 0.1) is 5.92 Å². The average Bonchev–Trinajstić information content (AvgIpc) is 3.06. The fourth-order valence-electron chi connectivity index (χ4n) is 4.33. The van der Waals surface area contributed by atoms with Crippen LogP contribution in [0.5, 0.6) is 0 Å². The van der Waals surface area contributed by atoms with Crippen LogP contribution in [0.4, 0.5) is 0 Å². The normalized spacial score (nSPS) is 21.0. The number of carbonyl (C=O) groups is 1. The summed E-state index contributed by atoms with van der Waals surface area (Å²) in [6.45, 7) is 9.76. The summed E-state index contributed by atoms with van der Waals surface area (Å²) in [5, 5.41) is 6.88. The molecule has 2 N–H and O–H groups in total. The van der Waals surface area contributed by atoms with E-state index >= 15 is 0 Å². The lowest BCUT2D eigenvalue weighted by Crippen LogP contribution is -2.45. The number of amides is 1. The number of hydrogen-bond acceptors (Lipinski definition) is 3. The molecule has 30 heavy (non-hydrogen) atoms. The van der Waals surface area contributed by atoms with Gasteiger partial charge in [0.05, 0.1) is 0 Å². The van der Waals surface area contributed by atoms with Crippen molar-refractivity contribution in [1.29, 1.82) is 0 Å². The summed E-state index contributed by atoms with van der Waals surface area (Å²) in [5.41, 5.74) is 2.64. The van der Waals surface area contributed by atoms with Gasteiger partial charge in [-0.05, 0) is 43.5 Å². The van der Waals surface area contributed by atoms with Gasteiger partial charge in [0.1, 0.15) is 0 Å². The van der Waals surface area contributed by atoms with Gasteiger partial charge >= 0.3 is 0 Å². The Balaban J connectivity index is 1.43. The lowest BCUT2D eigenvalue weighted by molar-refractivity contribution is -0.133. The fourth-order valence-corrected chi connectivity index (χ4v) is 4.33. The van der Waals surface area contributed by atoms with E-state index in [0.29, 0.717) is 0 Å². The van der Waals surface area contributed by atoms with Crippen LogP contribution in [-0.2, 0) is 17.9 Å². The monoisotopic (exact) mass is 413 g/mol. The predicted molar refractivity (Wildman–Crippen MR) is 123 cm³/mol. The van der Waals surface area contributed by atoms with Crippen LogP contribution in [0.15, 0.2) is 29.3 Å². The molecule has 2 heterocycles. The van der Waals surface area contributed by atoms with Crippen LogP contribution in [-0.4, -0.2) is 60.9 Å². The van der Waals surface area contributed by atoms with E-state index in [4.69, 9.17) is 0 Å². The van der Waals surface area contributed by atoms with Gasteiger partial charge in [0.15, 0.2) is 5.96 Å². The topological polar surface area (TPSA) is 60.0 Å². The standard InChI is InChI=1S/C24H39N5O/c1-19(2)23(30)29-15-12-22(18-29)27-24(25-3)26-16-20-8-10-21(11-9-20)17-28-13-6-4-5-7-14-28/h8-11,19,22H,4-7,12-18H2,1-3H3,(H2,25,26,27). The second-order valence-electron chi connectivity index (χ2n) is 9.00. The van der Waals surface area contributed by atoms with Gasteiger partial charge in [-0.15, -0.1) is 0 Å². The molecule has 3 rings (SSSR count). The Morgan fingerprint density at radius 3 is 2.37 bits per heavy atom. The van der Waals surface area contributed by atoms with Gasteiger partial charge in [0.2, 0.25) is 5.91 Å². The third-order valence-corrected chi connectivity index (χ3v) is 6.15. The minimum absolute atomic E-state index is 0.0588. The molecule has 6 heteroatoms. The minimum Gasteiger partial charge on any atom is -0.352 e. The van der Waals surface area contributed by atoms with Crippen molar-refractivity contribution in [3.63, 3.8) is 0 Å². The Morgan fingerprint density at radius 2 is 1.73 bits per heavy atom. The highest BCUT2D eigenvalue weighted by Gasteiger charge is 2.27. The van der Waals surface area contributed by atoms with Crippen molar-refractivity contribution in [2.75, 3.05) is 33.2 Å². The van der Waals surface area contributed by atoms with E-state index in [9.17, 15) is 4.79 Å². The lowest BCUT2D eigenvalue weighted by atomic mass is 10.1. The van der Waals surface area contributed by atoms with E-state index < -0.39 is 0 Å². The SMILES string of the molecule is CN=C(NCc1ccc(CN2CCCCCC2)cc1)NC1CCN(C(=O)C(C)C)C1. The van der Waals surface area contributed by atoms with Crippen LogP contribution in [0.2, 0.25) is 0 Å². The molecule has 166 valence electrons. The number of benzene rings is 1. The Hall–Kier alpha value is -2.08. The summed E-state index contributed by atoms with van der Waals surface area (Å²) in [4.78, 5) is 21.1. The van der Waals surface area contributed by atoms with Gasteiger partial charge < -0.3 is 15.5 Å². The molecular weight excluding hydrogens is 374 g/mol. The zero-order valence-corrected chi connectivity index (χ0v) is 19.0. The van der Waals surface area contributed by atoms with E-state index in [1.807, 2.05) is 18.7 Å². The number of guanidine groups is 1. The molecule has 2 fully saturated rings. The van der Waals surface area contributed by atoms with Gasteiger partial charge in [-0.3, -0.25) is 14.7 Å². The highest BCUT2D eigenvalue weighted by Crippen LogP contribution is 2.15. The van der Waals surface area contributed by atoms with Crippen LogP contribution >= 0.6 is 0 Å². The molecule has 2 saturated heterocycles. The summed E-state index contributed by atoms with van der Waals surface area (Å²) in [6, 6.07) is 9.20. The number of rotatable bonds is 6. The molecule has 1 unspecified atom stereocenters. The van der Waals surface area contributed by atoms with E-state index in [-0.39, 0.29) is 17.9 Å². The molecule has 1 aromatic carbocycles. The summed E-state index contributed by atoms with van der Waals surface area (Å²) in [7, 11) is 1.80. The third kappa shape index (κ3) is 6.73. The molecule has 1 aromatic rings. The fraction of sp³-hybridized carbons (Fsp3) is 0.667. The number of nitrogens with one attached hydrogen (secondary N) is 2. The molecule has 0 spiro atoms. The number of hydrogen-bond donors (Lipinski definition) is 2. The summed E-state index contributed by atoms with van der Waals surface area (Å²) < 4.78 is 0. The predicted octanol–water partition coefficient (Wildman–Crippen LogP) is 2.98. The molecule has 1 amide bonds. The smallest absolute Gasteiger partial charge is 0.225 e. The van der Waals surface area contributed by atoms with E-state index in [2.05, 4.69) is 44.8 Å². The van der Waals surface area contributed by atoms with Crippen LogP contribution in [0.3, 0.4) is 0 Å². The van der Waals surface area contributed by atoms with Crippen molar-refractivity contribution in [1.82, 2.24) is 20.4 Å². The number of nitrogens with zero attached hydrogens (tertiary/aromatic N) is 3. The first-order chi connectivity index (χ1) is 14.5. The van der Waals surface area contributed by atoms with E-state index in [0.717, 1.165) is 38.6 Å². The van der Waals surface area contributed by atoms with Crippen LogP contribution < -0.4 is 10.6 Å². The summed E-state index contributed by atoms with van der Waals surface area (Å²) in [6.07, 6.45) is 6.38. The second kappa shape index (κ2) is 11.3. The summed E-state index contributed by atoms with van der Waals surface area (Å²) >= 11 is 0. The first-order valence-electron chi connectivity index (χ1n) is 11.6. The average molecular weight is 414 g/mol. The van der Waals surface area contributed by atoms with Gasteiger partial charge in [0, 0.05) is 45.2 Å². The molecule has 0 bridgehead atoms. The first kappa shape index (κ1) is 22.6. The maximum absolute atomic E-state index is 12.2. The van der Waals surface area contributed by atoms with E-state index in [1.54, 1.807) is 7.05 Å². The van der Waals surface area contributed by atoms with Crippen LogP contribution in [0.25, 0.3) is 0 Å².